The zero-order valence-electron chi connectivity index (χ0n) is 7.23. The SMILES string of the molecule is COc1ccc(N)cc1OS(=O)(=O)F. The van der Waals surface area contributed by atoms with Crippen molar-refractivity contribution in [2.75, 3.05) is 12.8 Å². The molecule has 0 aromatic heterocycles. The lowest BCUT2D eigenvalue weighted by atomic mass is 10.3. The van der Waals surface area contributed by atoms with Gasteiger partial charge in [-0.05, 0) is 12.1 Å². The van der Waals surface area contributed by atoms with E-state index in [0.29, 0.717) is 0 Å². The fraction of sp³-hybridized carbons (Fsp3) is 0.143. The minimum Gasteiger partial charge on any atom is -0.493 e. The van der Waals surface area contributed by atoms with Crippen LogP contribution in [0.3, 0.4) is 0 Å². The van der Waals surface area contributed by atoms with E-state index in [1.54, 1.807) is 0 Å². The van der Waals surface area contributed by atoms with Crippen molar-refractivity contribution < 1.29 is 21.2 Å². The third-order valence-electron chi connectivity index (χ3n) is 1.38. The van der Waals surface area contributed by atoms with Gasteiger partial charge in [-0.15, -0.1) is 0 Å². The number of ether oxygens (including phenoxy) is 1. The highest BCUT2D eigenvalue weighted by Gasteiger charge is 2.14. The maximum Gasteiger partial charge on any atom is 0.488 e. The topological polar surface area (TPSA) is 78.6 Å². The Bertz CT molecular complexity index is 431. The molecule has 14 heavy (non-hydrogen) atoms. The lowest BCUT2D eigenvalue weighted by Gasteiger charge is -2.06. The van der Waals surface area contributed by atoms with Crippen LogP contribution in [0.25, 0.3) is 0 Å². The fourth-order valence-corrected chi connectivity index (χ4v) is 1.21. The quantitative estimate of drug-likeness (QED) is 0.605. The van der Waals surface area contributed by atoms with Crippen molar-refractivity contribution in [3.05, 3.63) is 18.2 Å². The number of hydrogen-bond donors (Lipinski definition) is 1. The van der Waals surface area contributed by atoms with Gasteiger partial charge in [0.1, 0.15) is 0 Å². The Morgan fingerprint density at radius 2 is 2.00 bits per heavy atom. The Morgan fingerprint density at radius 3 is 2.50 bits per heavy atom. The molecule has 7 heteroatoms. The van der Waals surface area contributed by atoms with Crippen LogP contribution in [0.15, 0.2) is 18.2 Å². The summed E-state index contributed by atoms with van der Waals surface area (Å²) in [6.07, 6.45) is 0. The molecule has 0 spiro atoms. The van der Waals surface area contributed by atoms with Gasteiger partial charge in [0.2, 0.25) is 0 Å². The largest absolute Gasteiger partial charge is 0.493 e. The molecule has 0 atom stereocenters. The maximum absolute atomic E-state index is 12.2. The molecule has 0 bridgehead atoms. The third-order valence-corrected chi connectivity index (χ3v) is 1.76. The third kappa shape index (κ3) is 2.77. The maximum atomic E-state index is 12.2. The molecule has 0 saturated heterocycles. The molecule has 0 unspecified atom stereocenters. The van der Waals surface area contributed by atoms with Gasteiger partial charge in [-0.2, -0.15) is 8.42 Å². The van der Waals surface area contributed by atoms with Gasteiger partial charge in [0, 0.05) is 11.8 Å². The molecule has 0 aliphatic rings. The van der Waals surface area contributed by atoms with Gasteiger partial charge in [-0.3, -0.25) is 0 Å². The number of methoxy groups -OCH3 is 1. The van der Waals surface area contributed by atoms with E-state index in [2.05, 4.69) is 4.18 Å². The van der Waals surface area contributed by atoms with E-state index in [4.69, 9.17) is 10.5 Å². The highest BCUT2D eigenvalue weighted by molar-refractivity contribution is 7.81. The summed E-state index contributed by atoms with van der Waals surface area (Å²) in [6.45, 7) is 0. The number of rotatable bonds is 3. The number of hydrogen-bond acceptors (Lipinski definition) is 5. The highest BCUT2D eigenvalue weighted by atomic mass is 32.3. The van der Waals surface area contributed by atoms with E-state index in [0.717, 1.165) is 6.07 Å². The first-order valence-corrected chi connectivity index (χ1v) is 4.81. The zero-order valence-corrected chi connectivity index (χ0v) is 8.05. The molecule has 1 aromatic rings. The van der Waals surface area contributed by atoms with E-state index < -0.39 is 10.5 Å². The summed E-state index contributed by atoms with van der Waals surface area (Å²) in [5.41, 5.74) is 5.59. The van der Waals surface area contributed by atoms with Gasteiger partial charge in [0.15, 0.2) is 11.5 Å². The van der Waals surface area contributed by atoms with E-state index in [1.165, 1.54) is 19.2 Å². The van der Waals surface area contributed by atoms with Gasteiger partial charge in [0.25, 0.3) is 0 Å². The normalized spacial score (nSPS) is 11.0. The summed E-state index contributed by atoms with van der Waals surface area (Å²) in [7, 11) is -3.77. The average molecular weight is 221 g/mol. The van der Waals surface area contributed by atoms with Crippen LogP contribution in [0.5, 0.6) is 11.5 Å². The van der Waals surface area contributed by atoms with Gasteiger partial charge in [0.05, 0.1) is 7.11 Å². The van der Waals surface area contributed by atoms with E-state index >= 15 is 0 Å². The molecule has 0 fully saturated rings. The minimum atomic E-state index is -5.06. The molecule has 0 aliphatic carbocycles. The van der Waals surface area contributed by atoms with Crippen molar-refractivity contribution >= 4 is 16.2 Å². The van der Waals surface area contributed by atoms with Gasteiger partial charge >= 0.3 is 10.5 Å². The summed E-state index contributed by atoms with van der Waals surface area (Å²) < 4.78 is 41.3. The van der Waals surface area contributed by atoms with Crippen LogP contribution in [0.1, 0.15) is 0 Å². The van der Waals surface area contributed by atoms with Crippen LogP contribution < -0.4 is 14.7 Å². The minimum absolute atomic E-state index is 0.0837. The van der Waals surface area contributed by atoms with Crippen molar-refractivity contribution in [2.45, 2.75) is 0 Å². The lowest BCUT2D eigenvalue weighted by Crippen LogP contribution is -2.03. The number of benzene rings is 1. The molecule has 1 aromatic carbocycles. The number of nitrogen functional groups attached to an aromatic ring is 1. The van der Waals surface area contributed by atoms with Gasteiger partial charge in [-0.1, -0.05) is 3.89 Å². The highest BCUT2D eigenvalue weighted by Crippen LogP contribution is 2.30. The molecule has 0 saturated carbocycles. The van der Waals surface area contributed by atoms with Gasteiger partial charge in [-0.25, -0.2) is 0 Å². The monoisotopic (exact) mass is 221 g/mol. The second-order valence-corrected chi connectivity index (χ2v) is 3.34. The molecular weight excluding hydrogens is 213 g/mol. The van der Waals surface area contributed by atoms with Crippen molar-refractivity contribution in [1.82, 2.24) is 0 Å². The molecule has 0 heterocycles. The summed E-state index contributed by atoms with van der Waals surface area (Å²) >= 11 is 0. The predicted molar refractivity (Wildman–Crippen MR) is 48.1 cm³/mol. The zero-order chi connectivity index (χ0) is 10.8. The molecule has 2 N–H and O–H groups in total. The van der Waals surface area contributed by atoms with E-state index in [1.807, 2.05) is 0 Å². The van der Waals surface area contributed by atoms with E-state index in [-0.39, 0.29) is 17.2 Å². The smallest absolute Gasteiger partial charge is 0.488 e. The summed E-state index contributed by atoms with van der Waals surface area (Å²) in [6, 6.07) is 3.99. The number of anilines is 1. The van der Waals surface area contributed by atoms with Crippen molar-refractivity contribution in [2.24, 2.45) is 0 Å². The fourth-order valence-electron chi connectivity index (χ4n) is 0.866. The van der Waals surface area contributed by atoms with Crippen LogP contribution in [0.4, 0.5) is 9.57 Å². The standard InChI is InChI=1S/C7H8FNO4S/c1-12-6-3-2-5(9)4-7(6)13-14(8,10)11/h2-4H,9H2,1H3. The lowest BCUT2D eigenvalue weighted by molar-refractivity contribution is 0.381. The molecule has 0 radical (unpaired) electrons. The molecule has 5 nitrogen and oxygen atoms in total. The van der Waals surface area contributed by atoms with Gasteiger partial charge < -0.3 is 14.7 Å². The molecule has 0 aliphatic heterocycles. The molecule has 78 valence electrons. The van der Waals surface area contributed by atoms with Crippen LogP contribution in [-0.4, -0.2) is 15.5 Å². The summed E-state index contributed by atoms with van der Waals surface area (Å²) in [5.74, 6) is -0.199. The Kier molecular flexibility index (Phi) is 2.80. The number of halogens is 1. The van der Waals surface area contributed by atoms with Crippen molar-refractivity contribution in [3.63, 3.8) is 0 Å². The summed E-state index contributed by atoms with van der Waals surface area (Å²) in [5, 5.41) is 0. The van der Waals surface area contributed by atoms with Crippen LogP contribution in [0.2, 0.25) is 0 Å². The first-order valence-electron chi connectivity index (χ1n) is 3.50. The molecular formula is C7H8FNO4S. The summed E-state index contributed by atoms with van der Waals surface area (Å²) in [4.78, 5) is 0. The van der Waals surface area contributed by atoms with Crippen molar-refractivity contribution in [3.8, 4) is 11.5 Å². The predicted octanol–water partition coefficient (Wildman–Crippen LogP) is 0.871. The second-order valence-electron chi connectivity index (χ2n) is 2.39. The Hall–Kier alpha value is -1.50. The molecule has 1 rings (SSSR count). The van der Waals surface area contributed by atoms with Crippen LogP contribution in [-0.2, 0) is 10.5 Å². The van der Waals surface area contributed by atoms with Crippen molar-refractivity contribution in [1.29, 1.82) is 0 Å². The second kappa shape index (κ2) is 3.70. The first kappa shape index (κ1) is 10.6. The Balaban J connectivity index is 3.11. The average Bonchev–Trinajstić information content (AvgIpc) is 2.01. The van der Waals surface area contributed by atoms with Crippen LogP contribution in [0, 0.1) is 0 Å². The number of nitrogens with two attached hydrogens (primary N) is 1. The first-order chi connectivity index (χ1) is 6.42. The Labute approximate surface area is 80.7 Å². The molecule has 0 amide bonds. The van der Waals surface area contributed by atoms with Crippen LogP contribution >= 0.6 is 0 Å². The Morgan fingerprint density at radius 1 is 1.36 bits per heavy atom. The van der Waals surface area contributed by atoms with E-state index in [9.17, 15) is 12.3 Å².